The first-order valence-corrected chi connectivity index (χ1v) is 15.8. The molecule has 0 aliphatic heterocycles. The Morgan fingerprint density at radius 2 is 1.93 bits per heavy atom. The van der Waals surface area contributed by atoms with E-state index in [0.29, 0.717) is 29.1 Å². The number of nitrogens with zero attached hydrogens (tertiary/aromatic N) is 4. The highest BCUT2D eigenvalue weighted by molar-refractivity contribution is 7.90. The fourth-order valence-corrected chi connectivity index (χ4v) is 6.07. The van der Waals surface area contributed by atoms with Crippen molar-refractivity contribution in [2.24, 2.45) is 11.7 Å². The third kappa shape index (κ3) is 6.59. The maximum absolute atomic E-state index is 14.9. The number of fused-ring (bicyclic) bond motifs is 1. The highest BCUT2D eigenvalue weighted by Gasteiger charge is 2.36. The van der Waals surface area contributed by atoms with Gasteiger partial charge in [-0.25, -0.2) is 22.2 Å². The molecule has 1 fully saturated rings. The second kappa shape index (κ2) is 12.4. The third-order valence-electron chi connectivity index (χ3n) is 7.64. The van der Waals surface area contributed by atoms with Crippen molar-refractivity contribution in [3.05, 3.63) is 71.7 Å². The second-order valence-electron chi connectivity index (χ2n) is 10.9. The lowest BCUT2D eigenvalue weighted by atomic mass is 9.74. The summed E-state index contributed by atoms with van der Waals surface area (Å²) >= 11 is 0. The van der Waals surface area contributed by atoms with Crippen LogP contribution in [0.2, 0.25) is 0 Å². The largest absolute Gasteiger partial charge is 0.396 e. The van der Waals surface area contributed by atoms with E-state index in [0.717, 1.165) is 12.0 Å². The van der Waals surface area contributed by atoms with E-state index < -0.39 is 21.5 Å². The van der Waals surface area contributed by atoms with E-state index in [9.17, 15) is 17.2 Å². The Kier molecular flexibility index (Phi) is 8.83. The van der Waals surface area contributed by atoms with Gasteiger partial charge in [-0.3, -0.25) is 4.98 Å². The normalized spacial score (nSPS) is 21.1. The summed E-state index contributed by atoms with van der Waals surface area (Å²) in [5, 5.41) is 16.9. The number of rotatable bonds is 10. The van der Waals surface area contributed by atoms with Crippen molar-refractivity contribution in [2.75, 3.05) is 30.5 Å². The molecule has 224 valence electrons. The molecule has 0 radical (unpaired) electrons. The number of anilines is 2. The molecule has 4 N–H and O–H groups in total. The summed E-state index contributed by atoms with van der Waals surface area (Å²) < 4.78 is 60.2. The van der Waals surface area contributed by atoms with Gasteiger partial charge < -0.3 is 20.9 Å². The number of hydrogen-bond donors (Lipinski definition) is 3. The monoisotopic (exact) mass is 600 g/mol. The maximum atomic E-state index is 14.9. The van der Waals surface area contributed by atoms with Crippen molar-refractivity contribution in [3.63, 3.8) is 0 Å². The van der Waals surface area contributed by atoms with E-state index in [4.69, 9.17) is 15.6 Å². The molecule has 3 aromatic heterocycles. The Bertz CT molecular complexity index is 1650. The average molecular weight is 601 g/mol. The van der Waals surface area contributed by atoms with Gasteiger partial charge in [0, 0.05) is 25.1 Å². The number of imidazole rings is 1. The van der Waals surface area contributed by atoms with E-state index in [1.165, 1.54) is 29.0 Å². The van der Waals surface area contributed by atoms with E-state index in [-0.39, 0.29) is 60.6 Å². The fraction of sp³-hybridized carbons (Fsp3) is 0.414. The number of pyridine rings is 1. The van der Waals surface area contributed by atoms with E-state index >= 15 is 0 Å². The van der Waals surface area contributed by atoms with E-state index in [2.05, 4.69) is 20.4 Å². The van der Waals surface area contributed by atoms with Crippen LogP contribution in [0, 0.1) is 17.6 Å². The molecule has 1 saturated carbocycles. The Morgan fingerprint density at radius 3 is 2.62 bits per heavy atom. The lowest BCUT2D eigenvalue weighted by Gasteiger charge is -2.39. The predicted octanol–water partition coefficient (Wildman–Crippen LogP) is 3.62. The van der Waals surface area contributed by atoms with Crippen LogP contribution in [0.25, 0.3) is 16.8 Å². The summed E-state index contributed by atoms with van der Waals surface area (Å²) in [5.41, 5.74) is 9.00. The second-order valence-corrected chi connectivity index (χ2v) is 13.2. The number of hydrogen-bond acceptors (Lipinski definition) is 9. The van der Waals surface area contributed by atoms with Crippen molar-refractivity contribution >= 4 is 27.0 Å². The first-order chi connectivity index (χ1) is 20.0. The van der Waals surface area contributed by atoms with Crippen LogP contribution >= 0.6 is 0 Å². The van der Waals surface area contributed by atoms with Gasteiger partial charge in [0.05, 0.1) is 53.3 Å². The van der Waals surface area contributed by atoms with Crippen LogP contribution in [0.1, 0.15) is 36.8 Å². The number of nitrogens with two attached hydrogens (primary N) is 1. The first kappa shape index (κ1) is 30.0. The van der Waals surface area contributed by atoms with Crippen molar-refractivity contribution in [2.45, 2.75) is 44.2 Å². The molecule has 4 unspecified atom stereocenters. The van der Waals surface area contributed by atoms with Gasteiger partial charge >= 0.3 is 0 Å². The molecule has 5 rings (SSSR count). The minimum absolute atomic E-state index is 0.0485. The Morgan fingerprint density at radius 1 is 1.17 bits per heavy atom. The number of aliphatic hydroxyl groups excluding tert-OH is 1. The van der Waals surface area contributed by atoms with Gasteiger partial charge in [0.15, 0.2) is 0 Å². The number of aromatic nitrogens is 4. The van der Waals surface area contributed by atoms with Crippen molar-refractivity contribution in [1.29, 1.82) is 0 Å². The predicted molar refractivity (Wildman–Crippen MR) is 155 cm³/mol. The minimum Gasteiger partial charge on any atom is -0.396 e. The van der Waals surface area contributed by atoms with Crippen molar-refractivity contribution in [3.8, 4) is 11.3 Å². The first-order valence-electron chi connectivity index (χ1n) is 13.7. The van der Waals surface area contributed by atoms with Crippen LogP contribution in [-0.2, 0) is 21.0 Å². The third-order valence-corrected chi connectivity index (χ3v) is 8.55. The number of sulfone groups is 1. The van der Waals surface area contributed by atoms with Gasteiger partial charge in [0.25, 0.3) is 0 Å². The molecule has 1 aromatic carbocycles. The number of nitrogens with one attached hydrogen (secondary N) is 1. The molecule has 1 aliphatic rings. The standard InChI is InChI=1S/C29H34F2N6O4S/c1-17-11-19(14-24(32)28(17)41-9-10-42(2,39)40)21-5-7-33-16-26(21)35-29-34-15-20-3-4-25(36-37(20)29)27-22(30)12-18(6-8-38)13-23(27)31/h3-5,7,12-13,15-17,19,24,28,38H,6,8-11,14,32H2,1-2H3,(H,34,35). The van der Waals surface area contributed by atoms with Crippen LogP contribution < -0.4 is 11.1 Å². The van der Waals surface area contributed by atoms with Crippen molar-refractivity contribution in [1.82, 2.24) is 19.6 Å². The molecule has 42 heavy (non-hydrogen) atoms. The highest BCUT2D eigenvalue weighted by atomic mass is 32.2. The molecule has 0 amide bonds. The molecular formula is C29H34F2N6O4S. The van der Waals surface area contributed by atoms with Gasteiger partial charge in [-0.2, -0.15) is 9.61 Å². The van der Waals surface area contributed by atoms with Crippen molar-refractivity contribution < 1.29 is 27.0 Å². The van der Waals surface area contributed by atoms with Gasteiger partial charge in [-0.15, -0.1) is 0 Å². The Balaban J connectivity index is 1.38. The van der Waals surface area contributed by atoms with Crippen LogP contribution in [0.15, 0.2) is 48.9 Å². The summed E-state index contributed by atoms with van der Waals surface area (Å²) in [7, 11) is -3.13. The Hall–Kier alpha value is -3.52. The molecule has 0 bridgehead atoms. The zero-order chi connectivity index (χ0) is 30.0. The van der Waals surface area contributed by atoms with Crippen LogP contribution in [0.3, 0.4) is 0 Å². The summed E-state index contributed by atoms with van der Waals surface area (Å²) in [5.74, 6) is -1.08. The van der Waals surface area contributed by atoms with Gasteiger partial charge in [-0.05, 0) is 72.6 Å². The zero-order valence-corrected chi connectivity index (χ0v) is 24.2. The van der Waals surface area contributed by atoms with E-state index in [1.54, 1.807) is 24.7 Å². The molecule has 0 spiro atoms. The number of aliphatic hydroxyl groups is 1. The molecule has 4 atom stereocenters. The molecule has 3 heterocycles. The van der Waals surface area contributed by atoms with E-state index in [1.807, 2.05) is 13.0 Å². The molecule has 10 nitrogen and oxygen atoms in total. The van der Waals surface area contributed by atoms with Gasteiger partial charge in [0.1, 0.15) is 21.5 Å². The van der Waals surface area contributed by atoms with Crippen LogP contribution in [-0.4, -0.2) is 70.5 Å². The summed E-state index contributed by atoms with van der Waals surface area (Å²) in [6, 6.07) is 7.24. The number of ether oxygens (including phenoxy) is 1. The molecule has 1 aliphatic carbocycles. The highest BCUT2D eigenvalue weighted by Crippen LogP contribution is 2.40. The number of halogens is 2. The number of benzene rings is 1. The molecule has 4 aromatic rings. The molecule has 13 heteroatoms. The SMILES string of the molecule is CC1CC(c2ccncc2Nc2ncc3ccc(-c4c(F)cc(CCO)cc4F)nn23)CC(N)C1OCCS(C)(=O)=O. The fourth-order valence-electron chi connectivity index (χ4n) is 5.67. The van der Waals surface area contributed by atoms with Gasteiger partial charge in [-0.1, -0.05) is 6.92 Å². The minimum atomic E-state index is -3.13. The lowest BCUT2D eigenvalue weighted by Crippen LogP contribution is -2.47. The van der Waals surface area contributed by atoms with Gasteiger partial charge in [0.2, 0.25) is 5.95 Å². The smallest absolute Gasteiger partial charge is 0.229 e. The maximum Gasteiger partial charge on any atom is 0.229 e. The van der Waals surface area contributed by atoms with Crippen LogP contribution in [0.5, 0.6) is 0 Å². The Labute approximate surface area is 242 Å². The summed E-state index contributed by atoms with van der Waals surface area (Å²) in [6.45, 7) is 1.94. The average Bonchev–Trinajstić information content (AvgIpc) is 3.31. The molecule has 0 saturated heterocycles. The lowest BCUT2D eigenvalue weighted by molar-refractivity contribution is -0.0152. The molecular weight excluding hydrogens is 566 g/mol. The summed E-state index contributed by atoms with van der Waals surface area (Å²) in [6.07, 6.45) is 7.46. The zero-order valence-electron chi connectivity index (χ0n) is 23.4. The summed E-state index contributed by atoms with van der Waals surface area (Å²) in [4.78, 5) is 8.72. The quantitative estimate of drug-likeness (QED) is 0.249. The van der Waals surface area contributed by atoms with Crippen LogP contribution in [0.4, 0.5) is 20.4 Å². The topological polar surface area (TPSA) is 145 Å².